The van der Waals surface area contributed by atoms with E-state index in [1.807, 2.05) is 6.07 Å². The van der Waals surface area contributed by atoms with Crippen LogP contribution < -0.4 is 5.32 Å². The first-order valence-electron chi connectivity index (χ1n) is 4.19. The van der Waals surface area contributed by atoms with Crippen molar-refractivity contribution < 1.29 is 4.42 Å². The van der Waals surface area contributed by atoms with Gasteiger partial charge in [0.15, 0.2) is 15.6 Å². The summed E-state index contributed by atoms with van der Waals surface area (Å²) in [5.41, 5.74) is 1.00. The van der Waals surface area contributed by atoms with E-state index in [2.05, 4.69) is 31.2 Å². The summed E-state index contributed by atoms with van der Waals surface area (Å²) in [5, 5.41) is 3.42. The Balaban J connectivity index is 2.02. The lowest BCUT2D eigenvalue weighted by atomic mass is 10.3. The molecule has 0 aliphatic rings. The Bertz CT molecular complexity index is 460. The molecular weight excluding hydrogens is 281 g/mol. The number of rotatable bonds is 3. The summed E-state index contributed by atoms with van der Waals surface area (Å²) in [5.74, 6) is 0.566. The highest BCUT2D eigenvalue weighted by Crippen LogP contribution is 2.18. The molecule has 0 aliphatic carbocycles. The molecular formula is C9H7BrClN3O. The SMILES string of the molecule is Clc1nccnc1NCc1coc(Br)c1. The Kier molecular flexibility index (Phi) is 3.23. The van der Waals surface area contributed by atoms with Gasteiger partial charge in [0, 0.05) is 24.5 Å². The van der Waals surface area contributed by atoms with Crippen molar-refractivity contribution in [3.8, 4) is 0 Å². The lowest BCUT2D eigenvalue weighted by molar-refractivity contribution is 0.539. The van der Waals surface area contributed by atoms with E-state index in [0.29, 0.717) is 22.2 Å². The highest BCUT2D eigenvalue weighted by Gasteiger charge is 2.03. The fraction of sp³-hybridized carbons (Fsp3) is 0.111. The number of furan rings is 1. The molecule has 4 nitrogen and oxygen atoms in total. The first-order chi connectivity index (χ1) is 7.25. The molecule has 0 saturated heterocycles. The molecule has 2 heterocycles. The van der Waals surface area contributed by atoms with Gasteiger partial charge in [-0.2, -0.15) is 0 Å². The van der Waals surface area contributed by atoms with Gasteiger partial charge in [-0.25, -0.2) is 9.97 Å². The second-order valence-electron chi connectivity index (χ2n) is 2.81. The minimum absolute atomic E-state index is 0.361. The molecule has 0 bridgehead atoms. The second kappa shape index (κ2) is 4.63. The molecule has 0 aliphatic heterocycles. The molecule has 0 amide bonds. The summed E-state index contributed by atoms with van der Waals surface area (Å²) < 4.78 is 5.79. The van der Waals surface area contributed by atoms with Crippen LogP contribution in [0.3, 0.4) is 0 Å². The van der Waals surface area contributed by atoms with Crippen molar-refractivity contribution >= 4 is 33.3 Å². The zero-order chi connectivity index (χ0) is 10.7. The van der Waals surface area contributed by atoms with Gasteiger partial charge in [0.25, 0.3) is 0 Å². The van der Waals surface area contributed by atoms with Gasteiger partial charge in [-0.3, -0.25) is 0 Å². The fourth-order valence-electron chi connectivity index (χ4n) is 1.06. The summed E-state index contributed by atoms with van der Waals surface area (Å²) in [4.78, 5) is 7.96. The van der Waals surface area contributed by atoms with Crippen LogP contribution in [0.15, 0.2) is 33.8 Å². The van der Waals surface area contributed by atoms with Crippen molar-refractivity contribution in [2.45, 2.75) is 6.54 Å². The van der Waals surface area contributed by atoms with Crippen LogP contribution in [0.4, 0.5) is 5.82 Å². The van der Waals surface area contributed by atoms with E-state index in [-0.39, 0.29) is 0 Å². The number of nitrogens with one attached hydrogen (secondary N) is 1. The average Bonchev–Trinajstić information content (AvgIpc) is 2.63. The molecule has 0 atom stereocenters. The van der Waals surface area contributed by atoms with Crippen molar-refractivity contribution in [2.75, 3.05) is 5.32 Å². The van der Waals surface area contributed by atoms with Crippen LogP contribution in [0, 0.1) is 0 Å². The van der Waals surface area contributed by atoms with Crippen LogP contribution in [-0.2, 0) is 6.54 Å². The lowest BCUT2D eigenvalue weighted by Crippen LogP contribution is -2.01. The second-order valence-corrected chi connectivity index (χ2v) is 3.95. The zero-order valence-corrected chi connectivity index (χ0v) is 9.92. The Labute approximate surface area is 99.8 Å². The van der Waals surface area contributed by atoms with Crippen LogP contribution in [-0.4, -0.2) is 9.97 Å². The molecule has 2 aromatic rings. The predicted molar refractivity (Wildman–Crippen MR) is 60.8 cm³/mol. The van der Waals surface area contributed by atoms with Crippen LogP contribution in [0.1, 0.15) is 5.56 Å². The normalized spacial score (nSPS) is 10.3. The van der Waals surface area contributed by atoms with Crippen molar-refractivity contribution in [3.63, 3.8) is 0 Å². The third-order valence-electron chi connectivity index (χ3n) is 1.74. The Morgan fingerprint density at radius 3 is 2.87 bits per heavy atom. The maximum atomic E-state index is 5.83. The van der Waals surface area contributed by atoms with Crippen LogP contribution in [0.25, 0.3) is 0 Å². The summed E-state index contributed by atoms with van der Waals surface area (Å²) >= 11 is 9.05. The molecule has 1 N–H and O–H groups in total. The molecule has 2 rings (SSSR count). The molecule has 78 valence electrons. The van der Waals surface area contributed by atoms with E-state index in [1.165, 1.54) is 0 Å². The number of aromatic nitrogens is 2. The minimum atomic E-state index is 0.361. The highest BCUT2D eigenvalue weighted by molar-refractivity contribution is 9.10. The van der Waals surface area contributed by atoms with Crippen LogP contribution in [0.5, 0.6) is 0 Å². The van der Waals surface area contributed by atoms with E-state index < -0.39 is 0 Å². The van der Waals surface area contributed by atoms with E-state index in [4.69, 9.17) is 16.0 Å². The average molecular weight is 289 g/mol. The lowest BCUT2D eigenvalue weighted by Gasteiger charge is -2.03. The van der Waals surface area contributed by atoms with Crippen LogP contribution >= 0.6 is 27.5 Å². The molecule has 0 fully saturated rings. The highest BCUT2D eigenvalue weighted by atomic mass is 79.9. The number of hydrogen-bond acceptors (Lipinski definition) is 4. The molecule has 0 spiro atoms. The fourth-order valence-corrected chi connectivity index (χ4v) is 1.62. The number of hydrogen-bond donors (Lipinski definition) is 1. The van der Waals surface area contributed by atoms with E-state index >= 15 is 0 Å². The molecule has 15 heavy (non-hydrogen) atoms. The number of halogens is 2. The Morgan fingerprint density at radius 2 is 2.20 bits per heavy atom. The Hall–Kier alpha value is -1.07. The molecule has 0 saturated carbocycles. The van der Waals surface area contributed by atoms with Gasteiger partial charge in [0.2, 0.25) is 0 Å². The van der Waals surface area contributed by atoms with E-state index in [9.17, 15) is 0 Å². The van der Waals surface area contributed by atoms with E-state index in [1.54, 1.807) is 18.7 Å². The van der Waals surface area contributed by atoms with Gasteiger partial charge in [-0.15, -0.1) is 0 Å². The van der Waals surface area contributed by atoms with Gasteiger partial charge >= 0.3 is 0 Å². The molecule has 0 radical (unpaired) electrons. The summed E-state index contributed by atoms with van der Waals surface area (Å²) in [7, 11) is 0. The standard InChI is InChI=1S/C9H7BrClN3O/c10-7-3-6(5-15-7)4-14-9-8(11)12-1-2-13-9/h1-3,5H,4H2,(H,13,14). The van der Waals surface area contributed by atoms with Gasteiger partial charge < -0.3 is 9.73 Å². The van der Waals surface area contributed by atoms with Gasteiger partial charge in [0.1, 0.15) is 0 Å². The third kappa shape index (κ3) is 2.70. The first-order valence-corrected chi connectivity index (χ1v) is 5.36. The number of anilines is 1. The first kappa shape index (κ1) is 10.4. The zero-order valence-electron chi connectivity index (χ0n) is 7.58. The number of nitrogens with zero attached hydrogens (tertiary/aromatic N) is 2. The summed E-state index contributed by atoms with van der Waals surface area (Å²) in [6, 6.07) is 1.87. The quantitative estimate of drug-likeness (QED) is 0.943. The molecule has 6 heteroatoms. The minimum Gasteiger partial charge on any atom is -0.457 e. The molecule has 0 aromatic carbocycles. The summed E-state index contributed by atoms with van der Waals surface area (Å²) in [6.07, 6.45) is 4.78. The maximum absolute atomic E-state index is 5.83. The van der Waals surface area contributed by atoms with Crippen LogP contribution in [0.2, 0.25) is 5.15 Å². The largest absolute Gasteiger partial charge is 0.457 e. The monoisotopic (exact) mass is 287 g/mol. The molecule has 2 aromatic heterocycles. The molecule has 0 unspecified atom stereocenters. The summed E-state index contributed by atoms with van der Waals surface area (Å²) in [6.45, 7) is 0.591. The Morgan fingerprint density at radius 1 is 1.40 bits per heavy atom. The predicted octanol–water partition coefficient (Wildman–Crippen LogP) is 3.10. The van der Waals surface area contributed by atoms with Crippen molar-refractivity contribution in [1.29, 1.82) is 0 Å². The van der Waals surface area contributed by atoms with Gasteiger partial charge in [0.05, 0.1) is 6.26 Å². The van der Waals surface area contributed by atoms with Gasteiger partial charge in [-0.05, 0) is 22.0 Å². The maximum Gasteiger partial charge on any atom is 0.171 e. The van der Waals surface area contributed by atoms with Crippen molar-refractivity contribution in [3.05, 3.63) is 40.1 Å². The smallest absolute Gasteiger partial charge is 0.171 e. The topological polar surface area (TPSA) is 51.0 Å². The van der Waals surface area contributed by atoms with E-state index in [0.717, 1.165) is 5.56 Å². The van der Waals surface area contributed by atoms with Crippen molar-refractivity contribution in [1.82, 2.24) is 9.97 Å². The van der Waals surface area contributed by atoms with Crippen molar-refractivity contribution in [2.24, 2.45) is 0 Å². The third-order valence-corrected chi connectivity index (χ3v) is 2.43. The van der Waals surface area contributed by atoms with Gasteiger partial charge in [-0.1, -0.05) is 11.6 Å².